The van der Waals surface area contributed by atoms with Crippen molar-refractivity contribution in [3.8, 4) is 0 Å². The van der Waals surface area contributed by atoms with Gasteiger partial charge in [0.1, 0.15) is 22.7 Å². The number of carbonyl (C=O) groups excluding carboxylic acids is 2. The molecule has 8 atom stereocenters. The van der Waals surface area contributed by atoms with Crippen LogP contribution in [0.5, 0.6) is 0 Å². The number of aliphatic hydroxyl groups excluding tert-OH is 2. The molecule has 36 heavy (non-hydrogen) atoms. The molecule has 8 nitrogen and oxygen atoms in total. The summed E-state index contributed by atoms with van der Waals surface area (Å²) in [7, 11) is 0. The fourth-order valence-electron chi connectivity index (χ4n) is 8.16. The molecule has 5 aliphatic rings. The third kappa shape index (κ3) is 2.19. The van der Waals surface area contributed by atoms with E-state index in [1.807, 2.05) is 19.1 Å². The van der Waals surface area contributed by atoms with E-state index in [1.165, 1.54) is 33.8 Å². The van der Waals surface area contributed by atoms with E-state index in [-0.39, 0.29) is 29.1 Å². The maximum atomic E-state index is 14.3. The Morgan fingerprint density at radius 2 is 1.53 bits per heavy atom. The van der Waals surface area contributed by atoms with Crippen LogP contribution >= 0.6 is 0 Å². The second kappa shape index (κ2) is 7.07. The molecule has 5 rings (SSSR count). The van der Waals surface area contributed by atoms with E-state index in [0.29, 0.717) is 6.42 Å². The molecule has 3 aliphatic carbocycles. The molecule has 0 aromatic rings. The van der Waals surface area contributed by atoms with E-state index in [4.69, 9.17) is 9.47 Å². The van der Waals surface area contributed by atoms with E-state index >= 15 is 0 Å². The molecule has 8 bridgehead atoms. The van der Waals surface area contributed by atoms with Gasteiger partial charge in [0, 0.05) is 29.4 Å². The molecule has 0 amide bonds. The Labute approximate surface area is 210 Å². The highest BCUT2D eigenvalue weighted by atomic mass is 16.8. The summed E-state index contributed by atoms with van der Waals surface area (Å²) in [6.07, 6.45) is 10.5. The van der Waals surface area contributed by atoms with Gasteiger partial charge in [-0.3, -0.25) is 9.59 Å². The average Bonchev–Trinajstić information content (AvgIpc) is 3.12. The van der Waals surface area contributed by atoms with Crippen molar-refractivity contribution in [3.63, 3.8) is 0 Å². The van der Waals surface area contributed by atoms with E-state index in [9.17, 15) is 30.0 Å². The van der Waals surface area contributed by atoms with E-state index in [1.54, 1.807) is 25.2 Å². The highest BCUT2D eigenvalue weighted by Gasteiger charge is 2.98. The summed E-state index contributed by atoms with van der Waals surface area (Å²) in [5.41, 5.74) is -7.18. The lowest BCUT2D eigenvalue weighted by Gasteiger charge is -2.58. The Hall–Kier alpha value is -2.52. The molecule has 2 aliphatic heterocycles. The minimum atomic E-state index is -2.24. The Morgan fingerprint density at radius 1 is 0.944 bits per heavy atom. The van der Waals surface area contributed by atoms with Gasteiger partial charge < -0.3 is 29.9 Å². The SMILES string of the molecule is C/C=C/C=C/C(O)=C1C(=O)[C@]2(C)[C@H]3C(C(=O)CC/C=C/C)=C(O)[C@]4(C)[C@@H]1[C@]1(C)O[C@@]4(O)[C@@]3(C)O[C@@]12O. The molecule has 0 spiro atoms. The van der Waals surface area contributed by atoms with Crippen LogP contribution in [-0.4, -0.2) is 54.8 Å². The van der Waals surface area contributed by atoms with Crippen LogP contribution in [0.25, 0.3) is 0 Å². The standard InChI is InChI=1S/C28H34O8/c1-7-9-11-13-15(29)17-19-23(3)22(32)18(16(30)14-12-10-8-2)20-24(4,21(17)31)28(34)25(19,5)35-27(23,33)26(20,6)36-28/h7-11,13,19-20,29,32-34H,12,14H2,1-6H3/b9-7+,10-8+,13-11+,17-15?/t19-,20-,23+,24+,25+,26+,27-,28-/m1/s1. The summed E-state index contributed by atoms with van der Waals surface area (Å²) in [6, 6.07) is 0. The zero-order valence-electron chi connectivity index (χ0n) is 21.5. The van der Waals surface area contributed by atoms with Crippen LogP contribution < -0.4 is 0 Å². The fourth-order valence-corrected chi connectivity index (χ4v) is 8.16. The smallest absolute Gasteiger partial charge is 0.210 e. The molecule has 4 fully saturated rings. The first-order valence-corrected chi connectivity index (χ1v) is 12.4. The van der Waals surface area contributed by atoms with Crippen LogP contribution in [0.4, 0.5) is 0 Å². The maximum absolute atomic E-state index is 14.3. The lowest BCUT2D eigenvalue weighted by atomic mass is 9.40. The van der Waals surface area contributed by atoms with Crippen molar-refractivity contribution in [1.82, 2.24) is 0 Å². The number of aliphatic hydroxyl groups is 4. The summed E-state index contributed by atoms with van der Waals surface area (Å²) < 4.78 is 12.5. The Balaban J connectivity index is 1.89. The normalized spacial score (nSPS) is 50.1. The molecule has 194 valence electrons. The van der Waals surface area contributed by atoms with Gasteiger partial charge in [-0.1, -0.05) is 30.4 Å². The lowest BCUT2D eigenvalue weighted by Crippen LogP contribution is -2.72. The van der Waals surface area contributed by atoms with Crippen molar-refractivity contribution >= 4 is 11.6 Å². The van der Waals surface area contributed by atoms with Crippen LogP contribution in [0.15, 0.2) is 59.1 Å². The van der Waals surface area contributed by atoms with Gasteiger partial charge in [0.25, 0.3) is 0 Å². The lowest BCUT2D eigenvalue weighted by molar-refractivity contribution is -0.451. The summed E-state index contributed by atoms with van der Waals surface area (Å²) >= 11 is 0. The third-order valence-corrected chi connectivity index (χ3v) is 9.68. The number of carbonyl (C=O) groups is 2. The van der Waals surface area contributed by atoms with Gasteiger partial charge in [-0.2, -0.15) is 0 Å². The van der Waals surface area contributed by atoms with Crippen LogP contribution in [0.3, 0.4) is 0 Å². The van der Waals surface area contributed by atoms with E-state index in [2.05, 4.69) is 0 Å². The van der Waals surface area contributed by atoms with Crippen LogP contribution in [0.1, 0.15) is 54.4 Å². The Kier molecular flexibility index (Phi) is 4.94. The van der Waals surface area contributed by atoms with Gasteiger partial charge in [-0.05, 0) is 54.0 Å². The van der Waals surface area contributed by atoms with Crippen LogP contribution in [-0.2, 0) is 19.1 Å². The zero-order valence-corrected chi connectivity index (χ0v) is 21.5. The predicted octanol–water partition coefficient (Wildman–Crippen LogP) is 3.48. The van der Waals surface area contributed by atoms with E-state index < -0.39 is 57.0 Å². The van der Waals surface area contributed by atoms with Crippen LogP contribution in [0, 0.1) is 22.7 Å². The zero-order chi connectivity index (χ0) is 26.7. The molecule has 8 heteroatoms. The molecule has 0 radical (unpaired) electrons. The molecule has 2 heterocycles. The minimum absolute atomic E-state index is 0.0264. The molecule has 0 aromatic carbocycles. The summed E-state index contributed by atoms with van der Waals surface area (Å²) in [6.45, 7) is 9.66. The first-order valence-electron chi connectivity index (χ1n) is 12.4. The predicted molar refractivity (Wildman–Crippen MR) is 129 cm³/mol. The third-order valence-electron chi connectivity index (χ3n) is 9.68. The number of rotatable bonds is 6. The first kappa shape index (κ1) is 25.1. The van der Waals surface area contributed by atoms with Gasteiger partial charge in [-0.15, -0.1) is 0 Å². The van der Waals surface area contributed by atoms with E-state index in [0.717, 1.165) is 0 Å². The number of hydrogen-bond acceptors (Lipinski definition) is 8. The van der Waals surface area contributed by atoms with Gasteiger partial charge in [0.05, 0.1) is 10.8 Å². The topological polar surface area (TPSA) is 134 Å². The average molecular weight is 499 g/mol. The van der Waals surface area contributed by atoms with Crippen LogP contribution in [0.2, 0.25) is 0 Å². The Bertz CT molecular complexity index is 1240. The maximum Gasteiger partial charge on any atom is 0.210 e. The van der Waals surface area contributed by atoms with Gasteiger partial charge in [-0.25, -0.2) is 0 Å². The van der Waals surface area contributed by atoms with Crippen molar-refractivity contribution in [3.05, 3.63) is 59.1 Å². The quantitative estimate of drug-likeness (QED) is 0.189. The van der Waals surface area contributed by atoms with Crippen molar-refractivity contribution in [1.29, 1.82) is 0 Å². The molecular weight excluding hydrogens is 464 g/mol. The summed E-state index contributed by atoms with van der Waals surface area (Å²) in [4.78, 5) is 28.0. The molecule has 0 aromatic heterocycles. The van der Waals surface area contributed by atoms with Crippen molar-refractivity contribution in [2.45, 2.75) is 77.2 Å². The largest absolute Gasteiger partial charge is 0.511 e. The number of ether oxygens (including phenoxy) is 2. The Morgan fingerprint density at radius 3 is 2.11 bits per heavy atom. The van der Waals surface area contributed by atoms with Crippen molar-refractivity contribution in [2.75, 3.05) is 0 Å². The fraction of sp³-hybridized carbons (Fsp3) is 0.571. The molecule has 2 saturated heterocycles. The second-order valence-electron chi connectivity index (χ2n) is 11.3. The van der Waals surface area contributed by atoms with Crippen molar-refractivity contribution in [2.24, 2.45) is 22.7 Å². The number of ketones is 2. The molecule has 0 unspecified atom stereocenters. The molecule has 2 saturated carbocycles. The summed E-state index contributed by atoms with van der Waals surface area (Å²) in [5.74, 6) is -8.64. The van der Waals surface area contributed by atoms with Gasteiger partial charge in [0.2, 0.25) is 11.6 Å². The second-order valence-corrected chi connectivity index (χ2v) is 11.3. The van der Waals surface area contributed by atoms with Crippen molar-refractivity contribution < 1.29 is 39.5 Å². The summed E-state index contributed by atoms with van der Waals surface area (Å²) in [5, 5.41) is 47.4. The number of hydrogen-bond donors (Lipinski definition) is 4. The number of Topliss-reactive ketones (excluding diaryl/α,β-unsaturated/α-hetero) is 2. The minimum Gasteiger partial charge on any atom is -0.511 e. The van der Waals surface area contributed by atoms with Gasteiger partial charge >= 0.3 is 0 Å². The highest BCUT2D eigenvalue weighted by Crippen LogP contribution is 2.84. The first-order chi connectivity index (χ1) is 16.7. The number of allylic oxidation sites excluding steroid dienone is 6. The highest BCUT2D eigenvalue weighted by molar-refractivity contribution is 6.08. The van der Waals surface area contributed by atoms with Gasteiger partial charge in [0.15, 0.2) is 11.6 Å². The monoisotopic (exact) mass is 498 g/mol. The molecular formula is C28H34O8. The molecule has 4 N–H and O–H groups in total.